The minimum absolute atomic E-state index is 0.958. The van der Waals surface area contributed by atoms with Crippen LogP contribution in [-0.2, 0) is 19.6 Å². The third-order valence-electron chi connectivity index (χ3n) is 9.12. The van der Waals surface area contributed by atoms with Crippen molar-refractivity contribution in [2.45, 2.75) is 59.2 Å². The van der Waals surface area contributed by atoms with Crippen molar-refractivity contribution in [2.75, 3.05) is 6.54 Å². The number of nitrogens with zero attached hydrogens (tertiary/aromatic N) is 5. The Bertz CT molecular complexity index is 2030. The van der Waals surface area contributed by atoms with Gasteiger partial charge in [0.1, 0.15) is 11.9 Å². The number of allylic oxidation sites excluding steroid dienone is 3. The second kappa shape index (κ2) is 12.7. The second-order valence-corrected chi connectivity index (χ2v) is 12.4. The van der Waals surface area contributed by atoms with Gasteiger partial charge in [-0.15, -0.1) is 0 Å². The van der Waals surface area contributed by atoms with Gasteiger partial charge in [0.15, 0.2) is 12.7 Å². The number of hydrogen-bond donors (Lipinski definition) is 1. The van der Waals surface area contributed by atoms with Gasteiger partial charge in [0.05, 0.1) is 18.4 Å². The minimum atomic E-state index is 0.958. The highest BCUT2D eigenvalue weighted by Crippen LogP contribution is 2.30. The quantitative estimate of drug-likeness (QED) is 0.163. The summed E-state index contributed by atoms with van der Waals surface area (Å²) in [7, 11) is 0. The number of unbranched alkanes of at least 4 members (excludes halogenated alkanes) is 1. The molecule has 5 heterocycles. The predicted molar refractivity (Wildman–Crippen MR) is 186 cm³/mol. The molecule has 0 radical (unpaired) electrons. The van der Waals surface area contributed by atoms with Gasteiger partial charge >= 0.3 is 0 Å². The molecule has 0 saturated carbocycles. The van der Waals surface area contributed by atoms with Crippen LogP contribution in [0.2, 0.25) is 0 Å². The maximum atomic E-state index is 4.57. The number of aromatic nitrogens is 4. The largest absolute Gasteiger partial charge is 0.347 e. The summed E-state index contributed by atoms with van der Waals surface area (Å²) in [5.41, 5.74) is 12.1. The summed E-state index contributed by atoms with van der Waals surface area (Å²) in [5, 5.41) is 4.82. The molecule has 0 aliphatic carbocycles. The number of rotatable bonds is 7. The van der Waals surface area contributed by atoms with Crippen LogP contribution in [0.1, 0.15) is 55.1 Å². The van der Waals surface area contributed by atoms with Gasteiger partial charge in [-0.3, -0.25) is 4.99 Å². The Morgan fingerprint density at radius 2 is 1.51 bits per heavy atom. The van der Waals surface area contributed by atoms with Crippen LogP contribution in [0.3, 0.4) is 0 Å². The standard InChI is InChI=1S/C39H41N6/c1-28-22-41-29(2)23-40-16-14-31(28)20-33-26-43(37-12-6-4-10-35(33)37)17-8-9-18-44-27-34(36-11-5-7-13-38(36)44)21-32-15-19-45-25-30(3)42-24-39(32)45/h4-7,10-13,20-27,40H,1,8-9,14-19H2,2-3H3/q+1/p+1. The molecule has 0 saturated heterocycles. The lowest BCUT2D eigenvalue weighted by Gasteiger charge is -2.07. The van der Waals surface area contributed by atoms with Crippen molar-refractivity contribution in [2.24, 2.45) is 4.99 Å². The summed E-state index contributed by atoms with van der Waals surface area (Å²) in [5.74, 6) is 0. The van der Waals surface area contributed by atoms with Gasteiger partial charge in [-0.1, -0.05) is 43.0 Å². The number of aryl methyl sites for hydroxylation is 4. The molecule has 2 N–H and O–H groups in total. The molecular formula is C39H42N6+2. The van der Waals surface area contributed by atoms with E-state index in [2.05, 4.69) is 128 Å². The average molecular weight is 595 g/mol. The van der Waals surface area contributed by atoms with E-state index in [0.29, 0.717) is 0 Å². The van der Waals surface area contributed by atoms with Gasteiger partial charge < -0.3 is 14.5 Å². The lowest BCUT2D eigenvalue weighted by molar-refractivity contribution is -0.690. The van der Waals surface area contributed by atoms with Crippen molar-refractivity contribution >= 4 is 45.7 Å². The summed E-state index contributed by atoms with van der Waals surface area (Å²) < 4.78 is 7.21. The fourth-order valence-corrected chi connectivity index (χ4v) is 6.75. The molecule has 2 aliphatic heterocycles. The van der Waals surface area contributed by atoms with Crippen LogP contribution >= 0.6 is 0 Å². The first kappa shape index (κ1) is 28.9. The molecule has 0 fully saturated rings. The number of aliphatic imine (C=N–C) groups is 1. The van der Waals surface area contributed by atoms with Crippen molar-refractivity contribution in [1.29, 1.82) is 0 Å². The van der Waals surface area contributed by atoms with Crippen LogP contribution in [0.4, 0.5) is 0 Å². The Kier molecular flexibility index (Phi) is 8.14. The number of benzene rings is 2. The molecule has 0 bridgehead atoms. The van der Waals surface area contributed by atoms with E-state index in [-0.39, 0.29) is 0 Å². The van der Waals surface area contributed by atoms with Crippen LogP contribution in [0.5, 0.6) is 0 Å². The number of fused-ring (bicyclic) bond motifs is 3. The number of para-hydroxylation sites is 2. The normalized spacial score (nSPS) is 17.2. The lowest BCUT2D eigenvalue weighted by Crippen LogP contribution is -2.78. The van der Waals surface area contributed by atoms with Gasteiger partial charge in [-0.05, 0) is 62.1 Å². The van der Waals surface area contributed by atoms with E-state index in [1.807, 2.05) is 19.3 Å². The maximum Gasteiger partial charge on any atom is 0.227 e. The zero-order chi connectivity index (χ0) is 30.8. The smallest absolute Gasteiger partial charge is 0.227 e. The third-order valence-corrected chi connectivity index (χ3v) is 9.12. The van der Waals surface area contributed by atoms with Crippen molar-refractivity contribution in [3.8, 4) is 0 Å². The zero-order valence-corrected chi connectivity index (χ0v) is 26.4. The van der Waals surface area contributed by atoms with Gasteiger partial charge in [0, 0.05) is 83.0 Å². The fraction of sp³-hybridized carbons (Fsp3) is 0.256. The molecule has 0 atom stereocenters. The maximum absolute atomic E-state index is 4.57. The molecule has 6 nitrogen and oxygen atoms in total. The van der Waals surface area contributed by atoms with Gasteiger partial charge in [0.2, 0.25) is 5.69 Å². The van der Waals surface area contributed by atoms with Gasteiger partial charge in [-0.25, -0.2) is 4.98 Å². The van der Waals surface area contributed by atoms with Crippen molar-refractivity contribution in [1.82, 2.24) is 14.1 Å². The summed E-state index contributed by atoms with van der Waals surface area (Å²) in [6.45, 7) is 12.4. The molecule has 6 heteroatoms. The molecular weight excluding hydrogens is 552 g/mol. The first-order valence-corrected chi connectivity index (χ1v) is 16.2. The monoisotopic (exact) mass is 594 g/mol. The van der Waals surface area contributed by atoms with E-state index in [4.69, 9.17) is 0 Å². The van der Waals surface area contributed by atoms with Gasteiger partial charge in [-0.2, -0.15) is 4.57 Å². The first-order valence-electron chi connectivity index (χ1n) is 16.2. The van der Waals surface area contributed by atoms with E-state index in [9.17, 15) is 0 Å². The summed E-state index contributed by atoms with van der Waals surface area (Å²) >= 11 is 0. The molecule has 3 aromatic heterocycles. The van der Waals surface area contributed by atoms with Crippen LogP contribution < -0.4 is 9.88 Å². The fourth-order valence-electron chi connectivity index (χ4n) is 6.75. The highest BCUT2D eigenvalue weighted by molar-refractivity contribution is 5.95. The molecule has 226 valence electrons. The molecule has 0 amide bonds. The van der Waals surface area contributed by atoms with Crippen LogP contribution in [0, 0.1) is 6.92 Å². The minimum Gasteiger partial charge on any atom is -0.347 e. The van der Waals surface area contributed by atoms with Crippen molar-refractivity contribution < 1.29 is 9.88 Å². The molecule has 5 aromatic rings. The molecule has 0 spiro atoms. The lowest BCUT2D eigenvalue weighted by atomic mass is 10.0. The van der Waals surface area contributed by atoms with Crippen LogP contribution in [-0.4, -0.2) is 26.9 Å². The predicted octanol–water partition coefficient (Wildman–Crippen LogP) is 6.85. The third kappa shape index (κ3) is 6.11. The Morgan fingerprint density at radius 3 is 2.20 bits per heavy atom. The Morgan fingerprint density at radius 1 is 0.867 bits per heavy atom. The molecule has 7 rings (SSSR count). The zero-order valence-electron chi connectivity index (χ0n) is 26.4. The topological polar surface area (TPSA) is 55.6 Å². The van der Waals surface area contributed by atoms with Crippen molar-refractivity contribution in [3.05, 3.63) is 125 Å². The van der Waals surface area contributed by atoms with Crippen LogP contribution in [0.25, 0.3) is 39.5 Å². The number of nitrogens with two attached hydrogens (primary N) is 1. The molecule has 2 aliphatic rings. The Balaban J connectivity index is 1.08. The number of quaternary nitrogens is 1. The summed E-state index contributed by atoms with van der Waals surface area (Å²) in [6.07, 6.45) is 21.8. The van der Waals surface area contributed by atoms with E-state index in [1.54, 1.807) is 0 Å². The highest BCUT2D eigenvalue weighted by Gasteiger charge is 2.25. The first-order chi connectivity index (χ1) is 22.0. The number of hydrogen-bond acceptors (Lipinski definition) is 2. The SMILES string of the molecule is C=C1C=NC(C)=C[NH2+]CCC1=Cc1cn(CCCCn2cc(C=C3CC[n+]4cc(C)ncc43)c3ccccc32)c2ccccc12. The van der Waals surface area contributed by atoms with E-state index < -0.39 is 0 Å². The molecule has 45 heavy (non-hydrogen) atoms. The average Bonchev–Trinajstić information content (AvgIpc) is 3.74. The van der Waals surface area contributed by atoms with Crippen LogP contribution in [0.15, 0.2) is 108 Å². The summed E-state index contributed by atoms with van der Waals surface area (Å²) in [6, 6.07) is 17.6. The van der Waals surface area contributed by atoms with Crippen molar-refractivity contribution in [3.63, 3.8) is 0 Å². The molecule has 2 aromatic carbocycles. The van der Waals surface area contributed by atoms with Gasteiger partial charge in [0.25, 0.3) is 0 Å². The van der Waals surface area contributed by atoms with E-state index in [0.717, 1.165) is 68.8 Å². The Hall–Kier alpha value is -4.81. The second-order valence-electron chi connectivity index (χ2n) is 12.4. The molecule has 0 unspecified atom stereocenters. The van der Waals surface area contributed by atoms with E-state index in [1.165, 1.54) is 49.8 Å². The Labute approximate surface area is 265 Å². The highest BCUT2D eigenvalue weighted by atomic mass is 15.0. The van der Waals surface area contributed by atoms with E-state index >= 15 is 0 Å². The summed E-state index contributed by atoms with van der Waals surface area (Å²) in [4.78, 5) is 9.13.